The van der Waals surface area contributed by atoms with Crippen LogP contribution in [0.3, 0.4) is 0 Å². The van der Waals surface area contributed by atoms with Crippen molar-refractivity contribution in [3.05, 3.63) is 12.2 Å². The molecule has 1 fully saturated rings. The summed E-state index contributed by atoms with van der Waals surface area (Å²) in [4.78, 5) is 37.0. The first-order valence-electron chi connectivity index (χ1n) is 27.7. The molecule has 1 rings (SSSR count). The van der Waals surface area contributed by atoms with Crippen LogP contribution in [0, 0.1) is 0 Å². The fourth-order valence-corrected chi connectivity index (χ4v) is 8.76. The number of aliphatic hydroxyl groups is 3. The van der Waals surface area contributed by atoms with Crippen LogP contribution < -0.4 is 0 Å². The highest BCUT2D eigenvalue weighted by Crippen LogP contribution is 2.23. The molecule has 1 heterocycles. The lowest BCUT2D eigenvalue weighted by Gasteiger charge is -2.38. The Balaban J connectivity index is 2.25. The molecule has 0 aromatic rings. The Hall–Kier alpha value is -2.05. The number of carbonyl (C=O) groups excluding carboxylic acids is 2. The van der Waals surface area contributed by atoms with E-state index >= 15 is 0 Å². The summed E-state index contributed by atoms with van der Waals surface area (Å²) < 4.78 is 21.9. The van der Waals surface area contributed by atoms with E-state index in [0.29, 0.717) is 12.8 Å². The van der Waals surface area contributed by atoms with Gasteiger partial charge in [-0.3, -0.25) is 9.59 Å². The third kappa shape index (κ3) is 36.0. The molecule has 6 unspecified atom stereocenters. The standard InChI is InChI=1S/C55H102O11/c1-3-5-7-9-11-13-15-17-19-21-23-24-25-26-28-30-32-34-36-38-40-42-44-49(57)65-47(46-64-55-52(60)50(58)51(59)53(66-55)54(61)62)45-63-48(56)43-41-39-37-35-33-31-29-27-22-20-18-16-14-12-10-8-6-4-2/h20,22,47,50-53,55,58-60H,3-19,21,23-46H2,1-2H3,(H,61,62)/b22-20-. The van der Waals surface area contributed by atoms with E-state index in [2.05, 4.69) is 26.0 Å². The molecule has 0 saturated carbocycles. The van der Waals surface area contributed by atoms with Gasteiger partial charge in [0.2, 0.25) is 0 Å². The maximum atomic E-state index is 12.9. The van der Waals surface area contributed by atoms with E-state index in [9.17, 15) is 34.8 Å². The van der Waals surface area contributed by atoms with Crippen LogP contribution in [0.25, 0.3) is 0 Å². The average molecular weight is 939 g/mol. The number of esters is 2. The van der Waals surface area contributed by atoms with Crippen LogP contribution in [-0.4, -0.2) is 88.4 Å². The molecule has 0 aromatic carbocycles. The van der Waals surface area contributed by atoms with Crippen molar-refractivity contribution >= 4 is 17.9 Å². The number of carbonyl (C=O) groups is 3. The fourth-order valence-electron chi connectivity index (χ4n) is 8.76. The lowest BCUT2D eigenvalue weighted by molar-refractivity contribution is -0.298. The van der Waals surface area contributed by atoms with Crippen molar-refractivity contribution in [2.75, 3.05) is 13.2 Å². The lowest BCUT2D eigenvalue weighted by atomic mass is 9.99. The van der Waals surface area contributed by atoms with Gasteiger partial charge in [0.05, 0.1) is 6.61 Å². The zero-order valence-corrected chi connectivity index (χ0v) is 42.5. The molecule has 1 aliphatic rings. The number of aliphatic carboxylic acids is 1. The second-order valence-electron chi connectivity index (χ2n) is 19.4. The van der Waals surface area contributed by atoms with Gasteiger partial charge in [-0.05, 0) is 38.5 Å². The van der Waals surface area contributed by atoms with Gasteiger partial charge in [0, 0.05) is 12.8 Å². The first kappa shape index (κ1) is 62.0. The second-order valence-corrected chi connectivity index (χ2v) is 19.4. The smallest absolute Gasteiger partial charge is 0.335 e. The van der Waals surface area contributed by atoms with Crippen molar-refractivity contribution in [3.63, 3.8) is 0 Å². The zero-order valence-electron chi connectivity index (χ0n) is 42.5. The number of hydrogen-bond acceptors (Lipinski definition) is 10. The van der Waals surface area contributed by atoms with Crippen LogP contribution in [0.2, 0.25) is 0 Å². The summed E-state index contributed by atoms with van der Waals surface area (Å²) in [6.45, 7) is 3.86. The van der Waals surface area contributed by atoms with Crippen LogP contribution in [-0.2, 0) is 33.3 Å². The molecule has 66 heavy (non-hydrogen) atoms. The van der Waals surface area contributed by atoms with E-state index in [1.807, 2.05) is 0 Å². The molecule has 0 bridgehead atoms. The number of allylic oxidation sites excluding steroid dienone is 2. The largest absolute Gasteiger partial charge is 0.479 e. The summed E-state index contributed by atoms with van der Waals surface area (Å²) in [6.07, 6.45) is 42.6. The molecule has 4 N–H and O–H groups in total. The van der Waals surface area contributed by atoms with Gasteiger partial charge in [-0.1, -0.05) is 231 Å². The van der Waals surface area contributed by atoms with Gasteiger partial charge in [-0.15, -0.1) is 0 Å². The molecule has 0 aliphatic carbocycles. The quantitative estimate of drug-likeness (QED) is 0.0260. The highest BCUT2D eigenvalue weighted by Gasteiger charge is 2.47. The Labute approximate surface area is 403 Å². The first-order valence-corrected chi connectivity index (χ1v) is 27.7. The third-order valence-electron chi connectivity index (χ3n) is 13.1. The second kappa shape index (κ2) is 45.4. The fraction of sp³-hybridized carbons (Fsp3) is 0.909. The van der Waals surface area contributed by atoms with E-state index < -0.39 is 54.7 Å². The number of unbranched alkanes of at least 4 members (excludes halogenated alkanes) is 35. The van der Waals surface area contributed by atoms with Crippen LogP contribution >= 0.6 is 0 Å². The predicted molar refractivity (Wildman–Crippen MR) is 266 cm³/mol. The number of rotatable bonds is 48. The van der Waals surface area contributed by atoms with Crippen LogP contribution in [0.15, 0.2) is 12.2 Å². The average Bonchev–Trinajstić information content (AvgIpc) is 3.30. The maximum absolute atomic E-state index is 12.9. The Morgan fingerprint density at radius 2 is 0.803 bits per heavy atom. The van der Waals surface area contributed by atoms with Crippen molar-refractivity contribution in [2.45, 2.75) is 307 Å². The SMILES string of the molecule is CCCCCCCCC/C=C\CCCCCCCCCC(=O)OCC(COC1OC(C(=O)O)C(O)C(O)C1O)OC(=O)CCCCCCCCCCCCCCCCCCCCCCCC. The molecule has 1 saturated heterocycles. The molecule has 11 heteroatoms. The predicted octanol–water partition coefficient (Wildman–Crippen LogP) is 13.6. The van der Waals surface area contributed by atoms with Crippen molar-refractivity contribution in [2.24, 2.45) is 0 Å². The number of carboxylic acid groups (broad SMARTS) is 1. The molecular formula is C55H102O11. The van der Waals surface area contributed by atoms with E-state index in [1.54, 1.807) is 0 Å². The van der Waals surface area contributed by atoms with E-state index in [-0.39, 0.29) is 26.1 Å². The number of ether oxygens (including phenoxy) is 4. The van der Waals surface area contributed by atoms with Gasteiger partial charge in [0.15, 0.2) is 18.5 Å². The summed E-state index contributed by atoms with van der Waals surface area (Å²) in [5.74, 6) is -2.43. The molecule has 0 aromatic heterocycles. The summed E-state index contributed by atoms with van der Waals surface area (Å²) in [5.41, 5.74) is 0. The minimum Gasteiger partial charge on any atom is -0.479 e. The number of hydrogen-bond donors (Lipinski definition) is 4. The highest BCUT2D eigenvalue weighted by molar-refractivity contribution is 5.73. The molecule has 0 amide bonds. The lowest BCUT2D eigenvalue weighted by Crippen LogP contribution is -2.60. The van der Waals surface area contributed by atoms with Gasteiger partial charge in [-0.25, -0.2) is 4.79 Å². The Bertz CT molecular complexity index is 1150. The van der Waals surface area contributed by atoms with Crippen LogP contribution in [0.4, 0.5) is 0 Å². The molecule has 1 aliphatic heterocycles. The third-order valence-corrected chi connectivity index (χ3v) is 13.1. The van der Waals surface area contributed by atoms with Gasteiger partial charge in [0.1, 0.15) is 24.9 Å². The van der Waals surface area contributed by atoms with Crippen molar-refractivity contribution in [1.82, 2.24) is 0 Å². The van der Waals surface area contributed by atoms with Gasteiger partial charge < -0.3 is 39.4 Å². The van der Waals surface area contributed by atoms with E-state index in [4.69, 9.17) is 18.9 Å². The maximum Gasteiger partial charge on any atom is 0.335 e. The summed E-state index contributed by atoms with van der Waals surface area (Å²) in [5, 5.41) is 40.0. The van der Waals surface area contributed by atoms with Gasteiger partial charge >= 0.3 is 17.9 Å². The number of aliphatic hydroxyl groups excluding tert-OH is 3. The van der Waals surface area contributed by atoms with Crippen LogP contribution in [0.5, 0.6) is 0 Å². The Morgan fingerprint density at radius 3 is 1.18 bits per heavy atom. The topological polar surface area (TPSA) is 169 Å². The Kier molecular flexibility index (Phi) is 42.6. The monoisotopic (exact) mass is 939 g/mol. The normalized spacial score (nSPS) is 19.1. The first-order chi connectivity index (χ1) is 32.2. The van der Waals surface area contributed by atoms with Crippen LogP contribution in [0.1, 0.15) is 271 Å². The molecule has 0 radical (unpaired) electrons. The molecule has 0 spiro atoms. The minimum absolute atomic E-state index is 0.189. The van der Waals surface area contributed by atoms with Crippen molar-refractivity contribution in [1.29, 1.82) is 0 Å². The molecular weight excluding hydrogens is 837 g/mol. The Morgan fingerprint density at radius 1 is 0.455 bits per heavy atom. The minimum atomic E-state index is -1.86. The summed E-state index contributed by atoms with van der Waals surface area (Å²) in [6, 6.07) is 0. The van der Waals surface area contributed by atoms with Crippen molar-refractivity contribution in [3.8, 4) is 0 Å². The van der Waals surface area contributed by atoms with E-state index in [1.165, 1.54) is 186 Å². The van der Waals surface area contributed by atoms with Gasteiger partial charge in [-0.2, -0.15) is 0 Å². The molecule has 6 atom stereocenters. The molecule has 11 nitrogen and oxygen atoms in total. The zero-order chi connectivity index (χ0) is 48.1. The highest BCUT2D eigenvalue weighted by atomic mass is 16.7. The van der Waals surface area contributed by atoms with E-state index in [0.717, 1.165) is 44.9 Å². The molecule has 388 valence electrons. The summed E-state index contributed by atoms with van der Waals surface area (Å²) in [7, 11) is 0. The summed E-state index contributed by atoms with van der Waals surface area (Å²) >= 11 is 0. The van der Waals surface area contributed by atoms with Crippen molar-refractivity contribution < 1.29 is 53.8 Å². The van der Waals surface area contributed by atoms with Gasteiger partial charge in [0.25, 0.3) is 0 Å². The number of carboxylic acids is 1.